The fourth-order valence-electron chi connectivity index (χ4n) is 0.918. The van der Waals surface area contributed by atoms with Crippen LogP contribution in [0.5, 0.6) is 0 Å². The minimum atomic E-state index is 0.688. The van der Waals surface area contributed by atoms with Gasteiger partial charge in [-0.05, 0) is 11.8 Å². The van der Waals surface area contributed by atoms with E-state index < -0.39 is 0 Å². The molecule has 0 heterocycles. The Morgan fingerprint density at radius 1 is 1.33 bits per heavy atom. The summed E-state index contributed by atoms with van der Waals surface area (Å²) in [6, 6.07) is 0. The number of nitrogens with zero attached hydrogens (tertiary/aromatic N) is 1. The summed E-state index contributed by atoms with van der Waals surface area (Å²) in [5.74, 6) is 1.41. The Labute approximate surface area is 76.0 Å². The monoisotopic (exact) mass is 174 g/mol. The van der Waals surface area contributed by atoms with Gasteiger partial charge in [-0.15, -0.1) is 5.59 Å². The molecule has 0 rings (SSSR count). The minimum absolute atomic E-state index is 0.688. The van der Waals surface area contributed by atoms with Gasteiger partial charge in [0.2, 0.25) is 0 Å². The second-order valence-corrected chi connectivity index (χ2v) is 3.56. The summed E-state index contributed by atoms with van der Waals surface area (Å²) >= 11 is 0. The lowest BCUT2D eigenvalue weighted by Crippen LogP contribution is -2.40. The third-order valence-corrected chi connectivity index (χ3v) is 2.25. The van der Waals surface area contributed by atoms with E-state index in [0.29, 0.717) is 5.92 Å². The lowest BCUT2D eigenvalue weighted by Gasteiger charge is -2.25. The molecule has 3 nitrogen and oxygen atoms in total. The molecule has 0 aliphatic rings. The van der Waals surface area contributed by atoms with Crippen LogP contribution in [-0.4, -0.2) is 25.2 Å². The van der Waals surface area contributed by atoms with Gasteiger partial charge in [0, 0.05) is 13.1 Å². The van der Waals surface area contributed by atoms with Gasteiger partial charge in [-0.1, -0.05) is 27.7 Å². The Kier molecular flexibility index (Phi) is 6.34. The highest BCUT2D eigenvalue weighted by atomic mass is 16.7. The topological polar surface area (TPSA) is 24.5 Å². The summed E-state index contributed by atoms with van der Waals surface area (Å²) < 4.78 is 0. The average Bonchev–Trinajstić information content (AvgIpc) is 2.03. The molecule has 0 aliphatic carbocycles. The summed E-state index contributed by atoms with van der Waals surface area (Å²) in [6.07, 6.45) is 0. The van der Waals surface area contributed by atoms with E-state index in [9.17, 15) is 0 Å². The normalized spacial score (nSPS) is 14.2. The number of hydrogen-bond donors (Lipinski definition) is 1. The Hall–Kier alpha value is -0.120. The van der Waals surface area contributed by atoms with Crippen LogP contribution in [0.15, 0.2) is 0 Å². The van der Waals surface area contributed by atoms with Crippen molar-refractivity contribution in [3.8, 4) is 0 Å². The van der Waals surface area contributed by atoms with Crippen LogP contribution in [0.3, 0.4) is 0 Å². The number of nitrogens with one attached hydrogen (secondary N) is 1. The maximum absolute atomic E-state index is 4.85. The van der Waals surface area contributed by atoms with Crippen molar-refractivity contribution in [1.82, 2.24) is 10.6 Å². The van der Waals surface area contributed by atoms with E-state index in [-0.39, 0.29) is 0 Å². The van der Waals surface area contributed by atoms with Gasteiger partial charge in [-0.25, -0.2) is 5.01 Å². The zero-order chi connectivity index (χ0) is 9.56. The highest BCUT2D eigenvalue weighted by Crippen LogP contribution is 2.09. The molecule has 0 aromatic heterocycles. The van der Waals surface area contributed by atoms with E-state index in [1.54, 1.807) is 7.11 Å². The maximum Gasteiger partial charge on any atom is 0.0588 e. The highest BCUT2D eigenvalue weighted by Gasteiger charge is 2.11. The zero-order valence-electron chi connectivity index (χ0n) is 8.92. The largest absolute Gasteiger partial charge is 0.290 e. The van der Waals surface area contributed by atoms with Crippen LogP contribution in [0.1, 0.15) is 27.7 Å². The van der Waals surface area contributed by atoms with E-state index in [4.69, 9.17) is 4.84 Å². The van der Waals surface area contributed by atoms with E-state index >= 15 is 0 Å². The Morgan fingerprint density at radius 3 is 2.25 bits per heavy atom. The van der Waals surface area contributed by atoms with Crippen LogP contribution < -0.4 is 5.59 Å². The Bertz CT molecular complexity index is 107. The zero-order valence-corrected chi connectivity index (χ0v) is 8.92. The molecule has 0 bridgehead atoms. The molecule has 1 atom stereocenters. The highest BCUT2D eigenvalue weighted by molar-refractivity contribution is 4.60. The number of hydrogen-bond acceptors (Lipinski definition) is 3. The van der Waals surface area contributed by atoms with Gasteiger partial charge < -0.3 is 0 Å². The van der Waals surface area contributed by atoms with E-state index in [2.05, 4.69) is 38.3 Å². The first kappa shape index (κ1) is 11.9. The molecular formula is C9H22N2O. The average molecular weight is 174 g/mol. The Morgan fingerprint density at radius 2 is 1.92 bits per heavy atom. The lowest BCUT2D eigenvalue weighted by molar-refractivity contribution is -0.0619. The van der Waals surface area contributed by atoms with E-state index in [1.807, 2.05) is 0 Å². The summed E-state index contributed by atoms with van der Waals surface area (Å²) in [5.41, 5.74) is 2.85. The van der Waals surface area contributed by atoms with Crippen molar-refractivity contribution in [2.24, 2.45) is 11.8 Å². The van der Waals surface area contributed by atoms with Gasteiger partial charge in [0.25, 0.3) is 0 Å². The third-order valence-electron chi connectivity index (χ3n) is 2.25. The van der Waals surface area contributed by atoms with Crippen LogP contribution in [0.2, 0.25) is 0 Å². The molecule has 0 aromatic carbocycles. The second kappa shape index (κ2) is 6.40. The first-order valence-electron chi connectivity index (χ1n) is 4.65. The molecular weight excluding hydrogens is 152 g/mol. The van der Waals surface area contributed by atoms with Crippen LogP contribution in [-0.2, 0) is 4.84 Å². The summed E-state index contributed by atoms with van der Waals surface area (Å²) in [6.45, 7) is 10.8. The van der Waals surface area contributed by atoms with Gasteiger partial charge in [0.05, 0.1) is 7.11 Å². The summed E-state index contributed by atoms with van der Waals surface area (Å²) in [4.78, 5) is 4.85. The molecule has 0 saturated carbocycles. The van der Waals surface area contributed by atoms with Gasteiger partial charge >= 0.3 is 0 Å². The molecule has 0 amide bonds. The summed E-state index contributed by atoms with van der Waals surface area (Å²) in [5, 5.41) is 2.07. The smallest absolute Gasteiger partial charge is 0.0588 e. The van der Waals surface area contributed by atoms with Gasteiger partial charge in [0.1, 0.15) is 0 Å². The van der Waals surface area contributed by atoms with Gasteiger partial charge in [-0.2, -0.15) is 0 Å². The van der Waals surface area contributed by atoms with Gasteiger partial charge in [-0.3, -0.25) is 4.84 Å². The molecule has 0 aliphatic heterocycles. The van der Waals surface area contributed by atoms with Crippen molar-refractivity contribution < 1.29 is 4.84 Å². The van der Waals surface area contributed by atoms with Crippen molar-refractivity contribution in [2.45, 2.75) is 27.7 Å². The second-order valence-electron chi connectivity index (χ2n) is 3.56. The Balaban J connectivity index is 3.68. The fraction of sp³-hybridized carbons (Fsp3) is 1.00. The van der Waals surface area contributed by atoms with E-state index in [1.165, 1.54) is 0 Å². The quantitative estimate of drug-likeness (QED) is 0.620. The van der Waals surface area contributed by atoms with Crippen LogP contribution in [0, 0.1) is 11.8 Å². The van der Waals surface area contributed by atoms with Gasteiger partial charge in [0.15, 0.2) is 0 Å². The van der Waals surface area contributed by atoms with Crippen molar-refractivity contribution in [3.63, 3.8) is 0 Å². The molecule has 1 unspecified atom stereocenters. The molecule has 1 N–H and O–H groups in total. The first-order chi connectivity index (χ1) is 5.61. The predicted molar refractivity (Wildman–Crippen MR) is 51.4 cm³/mol. The molecule has 0 radical (unpaired) electrons. The number of hydrazine groups is 1. The molecule has 0 fully saturated rings. The SMILES string of the molecule is CCN(CC(C)C(C)C)NOC. The van der Waals surface area contributed by atoms with Crippen molar-refractivity contribution in [1.29, 1.82) is 0 Å². The van der Waals surface area contributed by atoms with Crippen molar-refractivity contribution >= 4 is 0 Å². The predicted octanol–water partition coefficient (Wildman–Crippen LogP) is 1.67. The molecule has 12 heavy (non-hydrogen) atoms. The van der Waals surface area contributed by atoms with E-state index in [0.717, 1.165) is 19.0 Å². The van der Waals surface area contributed by atoms with Crippen molar-refractivity contribution in [2.75, 3.05) is 20.2 Å². The minimum Gasteiger partial charge on any atom is -0.290 e. The fourth-order valence-corrected chi connectivity index (χ4v) is 0.918. The summed E-state index contributed by atoms with van der Waals surface area (Å²) in [7, 11) is 1.64. The first-order valence-corrected chi connectivity index (χ1v) is 4.65. The molecule has 74 valence electrons. The molecule has 3 heteroatoms. The molecule has 0 saturated heterocycles. The van der Waals surface area contributed by atoms with Crippen LogP contribution >= 0.6 is 0 Å². The van der Waals surface area contributed by atoms with Crippen LogP contribution in [0.4, 0.5) is 0 Å². The van der Waals surface area contributed by atoms with Crippen LogP contribution in [0.25, 0.3) is 0 Å². The lowest BCUT2D eigenvalue weighted by atomic mass is 9.98. The molecule has 0 aromatic rings. The van der Waals surface area contributed by atoms with Crippen molar-refractivity contribution in [3.05, 3.63) is 0 Å². The molecule has 0 spiro atoms. The third kappa shape index (κ3) is 4.70. The maximum atomic E-state index is 4.85. The number of rotatable bonds is 6. The standard InChI is InChI=1S/C9H22N2O/c1-6-11(10-12-5)7-9(4)8(2)3/h8-10H,6-7H2,1-5H3.